The maximum absolute atomic E-state index is 12.6. The van der Waals surface area contributed by atoms with Gasteiger partial charge in [0.2, 0.25) is 10.0 Å². The van der Waals surface area contributed by atoms with Crippen LogP contribution >= 0.6 is 23.2 Å². The van der Waals surface area contributed by atoms with Crippen LogP contribution in [0.25, 0.3) is 0 Å². The van der Waals surface area contributed by atoms with Crippen molar-refractivity contribution in [3.05, 3.63) is 28.8 Å². The van der Waals surface area contributed by atoms with Crippen molar-refractivity contribution >= 4 is 33.2 Å². The smallest absolute Gasteiger partial charge is 0.244 e. The molecule has 7 heteroatoms. The largest absolute Gasteiger partial charge is 0.304 e. The molecule has 1 saturated heterocycles. The van der Waals surface area contributed by atoms with Gasteiger partial charge in [-0.1, -0.05) is 17.7 Å². The molecule has 1 aliphatic heterocycles. The Morgan fingerprint density at radius 2 is 1.84 bits per heavy atom. The minimum atomic E-state index is -3.53. The molecule has 2 rings (SSSR count). The Kier molecular flexibility index (Phi) is 4.74. The van der Waals surface area contributed by atoms with Crippen LogP contribution in [0.2, 0.25) is 5.02 Å². The van der Waals surface area contributed by atoms with Crippen LogP contribution in [0, 0.1) is 0 Å². The van der Waals surface area contributed by atoms with E-state index in [0.29, 0.717) is 13.1 Å². The third kappa shape index (κ3) is 3.23. The summed E-state index contributed by atoms with van der Waals surface area (Å²) in [5.41, 5.74) is 0.749. The van der Waals surface area contributed by atoms with Crippen LogP contribution in [0.15, 0.2) is 23.1 Å². The van der Waals surface area contributed by atoms with Crippen molar-refractivity contribution in [3.63, 3.8) is 0 Å². The summed E-state index contributed by atoms with van der Waals surface area (Å²) in [4.78, 5) is 2.25. The van der Waals surface area contributed by atoms with E-state index in [-0.39, 0.29) is 15.8 Å². The number of hydrogen-bond acceptors (Lipinski definition) is 3. The topological polar surface area (TPSA) is 40.6 Å². The molecule has 19 heavy (non-hydrogen) atoms. The van der Waals surface area contributed by atoms with Crippen molar-refractivity contribution in [2.45, 2.75) is 10.8 Å². The van der Waals surface area contributed by atoms with Gasteiger partial charge in [-0.15, -0.1) is 11.6 Å². The van der Waals surface area contributed by atoms with Gasteiger partial charge < -0.3 is 4.90 Å². The standard InChI is InChI=1S/C12H16Cl2N2O2S/c1-15-4-6-16(7-5-15)19(17,18)12-8-10(9-13)2-3-11(12)14/h2-3,8H,4-7,9H2,1H3. The molecule has 0 unspecified atom stereocenters. The van der Waals surface area contributed by atoms with Crippen LogP contribution in [-0.2, 0) is 15.9 Å². The van der Waals surface area contributed by atoms with E-state index in [9.17, 15) is 8.42 Å². The number of likely N-dealkylation sites (N-methyl/N-ethyl adjacent to an activating group) is 1. The normalized spacial score (nSPS) is 18.7. The lowest BCUT2D eigenvalue weighted by Gasteiger charge is -2.31. The van der Waals surface area contributed by atoms with Crippen molar-refractivity contribution in [2.75, 3.05) is 33.2 Å². The Labute approximate surface area is 124 Å². The number of rotatable bonds is 3. The molecule has 0 atom stereocenters. The van der Waals surface area contributed by atoms with E-state index in [2.05, 4.69) is 4.90 Å². The van der Waals surface area contributed by atoms with Crippen molar-refractivity contribution in [2.24, 2.45) is 0 Å². The molecule has 0 N–H and O–H groups in total. The molecule has 1 aromatic carbocycles. The van der Waals surface area contributed by atoms with Crippen molar-refractivity contribution in [3.8, 4) is 0 Å². The highest BCUT2D eigenvalue weighted by atomic mass is 35.5. The molecule has 1 aliphatic rings. The summed E-state index contributed by atoms with van der Waals surface area (Å²) in [6.07, 6.45) is 0. The summed E-state index contributed by atoms with van der Waals surface area (Å²) in [5.74, 6) is 0.266. The second-order valence-corrected chi connectivity index (χ2v) is 7.19. The Balaban J connectivity index is 2.34. The first-order valence-corrected chi connectivity index (χ1v) is 8.33. The molecule has 4 nitrogen and oxygen atoms in total. The number of piperazine rings is 1. The molecule has 0 radical (unpaired) electrons. The van der Waals surface area contributed by atoms with E-state index < -0.39 is 10.0 Å². The van der Waals surface area contributed by atoms with Crippen molar-refractivity contribution in [1.82, 2.24) is 9.21 Å². The maximum Gasteiger partial charge on any atom is 0.244 e. The lowest BCUT2D eigenvalue weighted by atomic mass is 10.2. The van der Waals surface area contributed by atoms with Crippen LogP contribution < -0.4 is 0 Å². The average Bonchev–Trinajstić information content (AvgIpc) is 2.39. The second kappa shape index (κ2) is 5.97. The number of sulfonamides is 1. The maximum atomic E-state index is 12.6. The van der Waals surface area contributed by atoms with Gasteiger partial charge in [-0.3, -0.25) is 0 Å². The Bertz CT molecular complexity index is 555. The van der Waals surface area contributed by atoms with Gasteiger partial charge in [0.1, 0.15) is 4.90 Å². The third-order valence-electron chi connectivity index (χ3n) is 3.23. The number of benzene rings is 1. The van der Waals surface area contributed by atoms with E-state index in [1.807, 2.05) is 7.05 Å². The molecule has 0 aromatic heterocycles. The zero-order valence-electron chi connectivity index (χ0n) is 10.6. The lowest BCUT2D eigenvalue weighted by Crippen LogP contribution is -2.47. The number of halogens is 2. The highest BCUT2D eigenvalue weighted by Gasteiger charge is 2.29. The molecule has 0 spiro atoms. The summed E-state index contributed by atoms with van der Waals surface area (Å²) in [6.45, 7) is 2.43. The van der Waals surface area contributed by atoms with Gasteiger partial charge in [-0.25, -0.2) is 8.42 Å². The fourth-order valence-corrected chi connectivity index (χ4v) is 4.11. The molecule has 0 amide bonds. The third-order valence-corrected chi connectivity index (χ3v) is 5.92. The quantitative estimate of drug-likeness (QED) is 0.799. The zero-order chi connectivity index (χ0) is 14.0. The monoisotopic (exact) mass is 322 g/mol. The predicted molar refractivity (Wildman–Crippen MR) is 77.3 cm³/mol. The van der Waals surface area contributed by atoms with Gasteiger partial charge in [0.15, 0.2) is 0 Å². The van der Waals surface area contributed by atoms with E-state index >= 15 is 0 Å². The van der Waals surface area contributed by atoms with Crippen LogP contribution in [0.1, 0.15) is 5.56 Å². The number of alkyl halides is 1. The fourth-order valence-electron chi connectivity index (χ4n) is 2.00. The van der Waals surface area contributed by atoms with Crippen molar-refractivity contribution < 1.29 is 8.42 Å². The molecule has 0 saturated carbocycles. The van der Waals surface area contributed by atoms with Crippen LogP contribution in [0.4, 0.5) is 0 Å². The second-order valence-electron chi connectivity index (χ2n) is 4.61. The van der Waals surface area contributed by atoms with Crippen LogP contribution in [0.3, 0.4) is 0 Å². The summed E-state index contributed by atoms with van der Waals surface area (Å²) in [7, 11) is -1.56. The van der Waals surface area contributed by atoms with E-state index in [1.54, 1.807) is 18.2 Å². The molecule has 0 aliphatic carbocycles. The molecular weight excluding hydrogens is 307 g/mol. The number of hydrogen-bond donors (Lipinski definition) is 0. The minimum Gasteiger partial charge on any atom is -0.304 e. The Morgan fingerprint density at radius 3 is 2.42 bits per heavy atom. The van der Waals surface area contributed by atoms with E-state index in [1.165, 1.54) is 4.31 Å². The van der Waals surface area contributed by atoms with E-state index in [4.69, 9.17) is 23.2 Å². The average molecular weight is 323 g/mol. The summed E-state index contributed by atoms with van der Waals surface area (Å²) in [6, 6.07) is 4.88. The molecule has 106 valence electrons. The molecule has 1 aromatic rings. The summed E-state index contributed by atoms with van der Waals surface area (Å²) in [5, 5.41) is 0.243. The van der Waals surface area contributed by atoms with Gasteiger partial charge >= 0.3 is 0 Å². The minimum absolute atomic E-state index is 0.150. The van der Waals surface area contributed by atoms with Crippen LogP contribution in [-0.4, -0.2) is 50.8 Å². The lowest BCUT2D eigenvalue weighted by molar-refractivity contribution is 0.222. The zero-order valence-corrected chi connectivity index (χ0v) is 13.0. The van der Waals surface area contributed by atoms with Crippen LogP contribution in [0.5, 0.6) is 0 Å². The predicted octanol–water partition coefficient (Wildman–Crippen LogP) is 2.01. The summed E-state index contributed by atoms with van der Waals surface area (Å²) < 4.78 is 26.6. The van der Waals surface area contributed by atoms with Gasteiger partial charge in [-0.2, -0.15) is 4.31 Å². The molecular formula is C12H16Cl2N2O2S. The molecule has 1 fully saturated rings. The van der Waals surface area contributed by atoms with Gasteiger partial charge in [0.05, 0.1) is 5.02 Å². The first kappa shape index (κ1) is 15.1. The van der Waals surface area contributed by atoms with Gasteiger partial charge in [0.25, 0.3) is 0 Å². The SMILES string of the molecule is CN1CCN(S(=O)(=O)c2cc(CCl)ccc2Cl)CC1. The number of nitrogens with zero attached hydrogens (tertiary/aromatic N) is 2. The van der Waals surface area contributed by atoms with E-state index in [0.717, 1.165) is 18.7 Å². The molecule has 0 bridgehead atoms. The van der Waals surface area contributed by atoms with Crippen molar-refractivity contribution in [1.29, 1.82) is 0 Å². The molecule has 1 heterocycles. The Hall–Kier alpha value is -0.330. The van der Waals surface area contributed by atoms with Gasteiger partial charge in [-0.05, 0) is 24.7 Å². The highest BCUT2D eigenvalue weighted by molar-refractivity contribution is 7.89. The fraction of sp³-hybridized carbons (Fsp3) is 0.500. The first-order valence-electron chi connectivity index (χ1n) is 5.98. The first-order chi connectivity index (χ1) is 8.95. The Morgan fingerprint density at radius 1 is 1.21 bits per heavy atom. The summed E-state index contributed by atoms with van der Waals surface area (Å²) >= 11 is 11.8. The highest BCUT2D eigenvalue weighted by Crippen LogP contribution is 2.27. The van der Waals surface area contributed by atoms with Gasteiger partial charge in [0, 0.05) is 32.1 Å².